The largest absolute Gasteiger partial charge is 0.497 e. The number of nitro benzene ring substituents is 1. The maximum absolute atomic E-state index is 11.0. The van der Waals surface area contributed by atoms with E-state index in [0.29, 0.717) is 16.3 Å². The smallest absolute Gasteiger partial charge is 0.273 e. The summed E-state index contributed by atoms with van der Waals surface area (Å²) in [7, 11) is 1.57. The summed E-state index contributed by atoms with van der Waals surface area (Å²) in [5, 5.41) is 24.6. The van der Waals surface area contributed by atoms with Crippen LogP contribution >= 0.6 is 11.6 Å². The Morgan fingerprint density at radius 2 is 2.00 bits per heavy atom. The van der Waals surface area contributed by atoms with Crippen LogP contribution in [0.4, 0.5) is 5.69 Å². The number of nitrogens with zero attached hydrogens (tertiary/aromatic N) is 1. The Labute approximate surface area is 138 Å². The molecule has 1 unspecified atom stereocenters. The maximum atomic E-state index is 11.0. The van der Waals surface area contributed by atoms with Crippen LogP contribution in [0.25, 0.3) is 0 Å². The summed E-state index contributed by atoms with van der Waals surface area (Å²) in [5.41, 5.74) is 1.21. The summed E-state index contributed by atoms with van der Waals surface area (Å²) >= 11 is 5.88. The van der Waals surface area contributed by atoms with Crippen molar-refractivity contribution in [2.75, 3.05) is 13.7 Å². The molecule has 7 heteroatoms. The number of nitrogens with one attached hydrogen (secondary N) is 1. The van der Waals surface area contributed by atoms with Crippen LogP contribution in [0.2, 0.25) is 5.02 Å². The lowest BCUT2D eigenvalue weighted by Gasteiger charge is -2.13. The maximum Gasteiger partial charge on any atom is 0.273 e. The van der Waals surface area contributed by atoms with Gasteiger partial charge in [-0.1, -0.05) is 23.7 Å². The quantitative estimate of drug-likeness (QED) is 0.599. The fourth-order valence-electron chi connectivity index (χ4n) is 2.16. The van der Waals surface area contributed by atoms with Gasteiger partial charge in [-0.25, -0.2) is 0 Å². The highest BCUT2D eigenvalue weighted by atomic mass is 35.5. The minimum atomic E-state index is -0.723. The highest BCUT2D eigenvalue weighted by molar-refractivity contribution is 6.30. The van der Waals surface area contributed by atoms with Crippen molar-refractivity contribution in [2.24, 2.45) is 0 Å². The molecule has 6 nitrogen and oxygen atoms in total. The molecule has 0 fully saturated rings. The molecule has 0 bridgehead atoms. The molecule has 2 aromatic rings. The van der Waals surface area contributed by atoms with Crippen LogP contribution in [-0.2, 0) is 6.54 Å². The zero-order valence-corrected chi connectivity index (χ0v) is 13.3. The third-order valence-electron chi connectivity index (χ3n) is 3.39. The van der Waals surface area contributed by atoms with Crippen LogP contribution in [0.15, 0.2) is 42.5 Å². The minimum absolute atomic E-state index is 0.000775. The SMILES string of the molecule is COc1ccc(C(O)CNCc2cc(Cl)ccc2[N+](=O)[O-])cc1. The van der Waals surface area contributed by atoms with Crippen LogP contribution in [0.1, 0.15) is 17.2 Å². The molecule has 2 rings (SSSR count). The molecule has 0 amide bonds. The van der Waals surface area contributed by atoms with Crippen molar-refractivity contribution < 1.29 is 14.8 Å². The molecule has 2 N–H and O–H groups in total. The molecule has 0 aliphatic rings. The topological polar surface area (TPSA) is 84.6 Å². The zero-order chi connectivity index (χ0) is 16.8. The van der Waals surface area contributed by atoms with Crippen molar-refractivity contribution in [1.82, 2.24) is 5.32 Å². The molecule has 23 heavy (non-hydrogen) atoms. The molecule has 0 aliphatic carbocycles. The summed E-state index contributed by atoms with van der Waals surface area (Å²) in [6.07, 6.45) is -0.723. The van der Waals surface area contributed by atoms with E-state index in [1.165, 1.54) is 12.1 Å². The molecular weight excluding hydrogens is 320 g/mol. The van der Waals surface area contributed by atoms with Crippen molar-refractivity contribution in [3.8, 4) is 5.75 Å². The van der Waals surface area contributed by atoms with E-state index in [2.05, 4.69) is 5.32 Å². The third kappa shape index (κ3) is 4.66. The molecule has 0 heterocycles. The van der Waals surface area contributed by atoms with E-state index in [4.69, 9.17) is 16.3 Å². The lowest BCUT2D eigenvalue weighted by molar-refractivity contribution is -0.385. The molecule has 2 aromatic carbocycles. The Balaban J connectivity index is 1.96. The predicted molar refractivity (Wildman–Crippen MR) is 87.8 cm³/mol. The Kier molecular flexibility index (Phi) is 5.92. The van der Waals surface area contributed by atoms with Crippen LogP contribution < -0.4 is 10.1 Å². The van der Waals surface area contributed by atoms with Gasteiger partial charge in [-0.15, -0.1) is 0 Å². The zero-order valence-electron chi connectivity index (χ0n) is 12.5. The summed E-state index contributed by atoms with van der Waals surface area (Å²) in [6.45, 7) is 0.500. The van der Waals surface area contributed by atoms with Crippen LogP contribution in [0.5, 0.6) is 5.75 Å². The molecular formula is C16H17ClN2O4. The molecule has 0 aromatic heterocycles. The first-order valence-electron chi connectivity index (χ1n) is 6.97. The number of hydrogen-bond donors (Lipinski definition) is 2. The number of methoxy groups -OCH3 is 1. The van der Waals surface area contributed by atoms with Gasteiger partial charge in [0.25, 0.3) is 5.69 Å². The van der Waals surface area contributed by atoms with Crippen molar-refractivity contribution in [1.29, 1.82) is 0 Å². The van der Waals surface area contributed by atoms with Crippen molar-refractivity contribution in [3.05, 3.63) is 68.7 Å². The van der Waals surface area contributed by atoms with Crippen molar-refractivity contribution in [2.45, 2.75) is 12.6 Å². The molecule has 0 saturated heterocycles. The normalized spacial score (nSPS) is 12.0. The van der Waals surface area contributed by atoms with Crippen LogP contribution in [-0.4, -0.2) is 23.7 Å². The summed E-state index contributed by atoms with van der Waals surface area (Å²) in [5.74, 6) is 0.712. The Hall–Kier alpha value is -2.15. The van der Waals surface area contributed by atoms with E-state index in [0.717, 1.165) is 5.56 Å². The fourth-order valence-corrected chi connectivity index (χ4v) is 2.36. The van der Waals surface area contributed by atoms with Gasteiger partial charge >= 0.3 is 0 Å². The second-order valence-electron chi connectivity index (χ2n) is 4.95. The van der Waals surface area contributed by atoms with Gasteiger partial charge in [0.1, 0.15) is 5.75 Å². The second kappa shape index (κ2) is 7.92. The summed E-state index contributed by atoms with van der Waals surface area (Å²) in [6, 6.07) is 11.5. The van der Waals surface area contributed by atoms with E-state index in [-0.39, 0.29) is 18.8 Å². The van der Waals surface area contributed by atoms with Gasteiger partial charge in [0, 0.05) is 29.7 Å². The van der Waals surface area contributed by atoms with Gasteiger partial charge in [-0.3, -0.25) is 10.1 Å². The van der Waals surface area contributed by atoms with E-state index >= 15 is 0 Å². The Morgan fingerprint density at radius 3 is 2.61 bits per heavy atom. The standard InChI is InChI=1S/C16H17ClN2O4/c1-23-14-5-2-11(3-6-14)16(20)10-18-9-12-8-13(17)4-7-15(12)19(21)22/h2-8,16,18,20H,9-10H2,1H3. The number of benzene rings is 2. The van der Waals surface area contributed by atoms with Crippen LogP contribution in [0.3, 0.4) is 0 Å². The Bertz CT molecular complexity index is 676. The van der Waals surface area contributed by atoms with E-state index in [1.807, 2.05) is 0 Å². The predicted octanol–water partition coefficient (Wildman–Crippen LogP) is 3.08. The number of ether oxygens (including phenoxy) is 1. The van der Waals surface area contributed by atoms with Gasteiger partial charge in [-0.05, 0) is 29.8 Å². The Morgan fingerprint density at radius 1 is 1.30 bits per heavy atom. The summed E-state index contributed by atoms with van der Waals surface area (Å²) in [4.78, 5) is 10.5. The number of aliphatic hydroxyl groups is 1. The third-order valence-corrected chi connectivity index (χ3v) is 3.63. The molecule has 1 atom stereocenters. The molecule has 0 radical (unpaired) electrons. The summed E-state index contributed by atoms with van der Waals surface area (Å²) < 4.78 is 5.06. The number of nitro groups is 1. The van der Waals surface area contributed by atoms with E-state index < -0.39 is 11.0 Å². The lowest BCUT2D eigenvalue weighted by Crippen LogP contribution is -2.21. The van der Waals surface area contributed by atoms with Crippen molar-refractivity contribution >= 4 is 17.3 Å². The number of halogens is 1. The molecule has 122 valence electrons. The van der Waals surface area contributed by atoms with Crippen LogP contribution in [0, 0.1) is 10.1 Å². The van der Waals surface area contributed by atoms with E-state index in [9.17, 15) is 15.2 Å². The highest BCUT2D eigenvalue weighted by Gasteiger charge is 2.14. The first kappa shape index (κ1) is 17.2. The average molecular weight is 337 g/mol. The fraction of sp³-hybridized carbons (Fsp3) is 0.250. The average Bonchev–Trinajstić information content (AvgIpc) is 2.54. The lowest BCUT2D eigenvalue weighted by atomic mass is 10.1. The van der Waals surface area contributed by atoms with Gasteiger partial charge < -0.3 is 15.2 Å². The first-order chi connectivity index (χ1) is 11.0. The molecule has 0 saturated carbocycles. The monoisotopic (exact) mass is 336 g/mol. The molecule has 0 aliphatic heterocycles. The highest BCUT2D eigenvalue weighted by Crippen LogP contribution is 2.23. The second-order valence-corrected chi connectivity index (χ2v) is 5.39. The van der Waals surface area contributed by atoms with E-state index in [1.54, 1.807) is 37.4 Å². The minimum Gasteiger partial charge on any atom is -0.497 e. The van der Waals surface area contributed by atoms with Crippen molar-refractivity contribution in [3.63, 3.8) is 0 Å². The number of aliphatic hydroxyl groups excluding tert-OH is 1. The first-order valence-corrected chi connectivity index (χ1v) is 7.34. The van der Waals surface area contributed by atoms with Gasteiger partial charge in [0.15, 0.2) is 0 Å². The van der Waals surface area contributed by atoms with Gasteiger partial charge in [0.05, 0.1) is 18.1 Å². The van der Waals surface area contributed by atoms with Gasteiger partial charge in [0.2, 0.25) is 0 Å². The van der Waals surface area contributed by atoms with Gasteiger partial charge in [-0.2, -0.15) is 0 Å². The molecule has 0 spiro atoms. The number of hydrogen-bond acceptors (Lipinski definition) is 5. The number of rotatable bonds is 7.